The first-order valence-electron chi connectivity index (χ1n) is 2.96. The minimum atomic E-state index is 0.314. The smallest absolute Gasteiger partial charge is 0.163 e. The molecule has 60 valence electrons. The highest BCUT2D eigenvalue weighted by Gasteiger charge is 1.96. The molecular formula is C6H7ClN2S2. The lowest BCUT2D eigenvalue weighted by Gasteiger charge is -1.98. The predicted octanol–water partition coefficient (Wildman–Crippen LogP) is 1.73. The van der Waals surface area contributed by atoms with Gasteiger partial charge in [0.15, 0.2) is 5.11 Å². The van der Waals surface area contributed by atoms with Crippen molar-refractivity contribution in [1.29, 1.82) is 0 Å². The van der Waals surface area contributed by atoms with Crippen molar-refractivity contribution in [2.24, 2.45) is 5.73 Å². The van der Waals surface area contributed by atoms with Crippen molar-refractivity contribution in [1.82, 2.24) is 5.32 Å². The number of hydrogen-bond donors (Lipinski definition) is 2. The van der Waals surface area contributed by atoms with Gasteiger partial charge in [-0.25, -0.2) is 0 Å². The van der Waals surface area contributed by atoms with Crippen molar-refractivity contribution in [3.63, 3.8) is 0 Å². The molecule has 0 saturated carbocycles. The Balaban J connectivity index is 2.45. The van der Waals surface area contributed by atoms with Crippen LogP contribution in [-0.2, 0) is 6.54 Å². The summed E-state index contributed by atoms with van der Waals surface area (Å²) in [5, 5.41) is 3.15. The van der Waals surface area contributed by atoms with Gasteiger partial charge in [-0.15, -0.1) is 11.3 Å². The Bertz CT molecular complexity index is 259. The summed E-state index contributed by atoms with van der Waals surface area (Å²) < 4.78 is 0.782. The molecular weight excluding hydrogens is 200 g/mol. The fraction of sp³-hybridized carbons (Fsp3) is 0.167. The second-order valence-corrected chi connectivity index (χ2v) is 4.16. The Kier molecular flexibility index (Phi) is 3.11. The number of hydrogen-bond acceptors (Lipinski definition) is 2. The number of thiophene rings is 1. The number of halogens is 1. The van der Waals surface area contributed by atoms with Crippen molar-refractivity contribution >= 4 is 40.3 Å². The van der Waals surface area contributed by atoms with Crippen LogP contribution in [0, 0.1) is 0 Å². The Hall–Kier alpha value is -0.320. The van der Waals surface area contributed by atoms with Gasteiger partial charge in [-0.2, -0.15) is 0 Å². The number of thiocarbonyl (C=S) groups is 1. The van der Waals surface area contributed by atoms with E-state index in [2.05, 4.69) is 17.5 Å². The van der Waals surface area contributed by atoms with Gasteiger partial charge in [0.2, 0.25) is 0 Å². The van der Waals surface area contributed by atoms with E-state index in [-0.39, 0.29) is 0 Å². The van der Waals surface area contributed by atoms with Crippen LogP contribution < -0.4 is 11.1 Å². The summed E-state index contributed by atoms with van der Waals surface area (Å²) >= 11 is 11.9. The van der Waals surface area contributed by atoms with Crippen molar-refractivity contribution < 1.29 is 0 Å². The molecule has 0 bridgehead atoms. The molecule has 0 aliphatic heterocycles. The number of rotatable bonds is 2. The van der Waals surface area contributed by atoms with Gasteiger partial charge in [0.1, 0.15) is 0 Å². The molecule has 0 aliphatic carbocycles. The van der Waals surface area contributed by atoms with E-state index in [1.807, 2.05) is 12.1 Å². The maximum atomic E-state index is 5.70. The van der Waals surface area contributed by atoms with E-state index in [1.54, 1.807) is 0 Å². The van der Waals surface area contributed by atoms with Gasteiger partial charge in [-0.3, -0.25) is 0 Å². The first-order chi connectivity index (χ1) is 5.18. The van der Waals surface area contributed by atoms with Crippen LogP contribution in [0.2, 0.25) is 4.34 Å². The second kappa shape index (κ2) is 3.90. The van der Waals surface area contributed by atoms with Crippen molar-refractivity contribution in [2.45, 2.75) is 6.54 Å². The van der Waals surface area contributed by atoms with Crippen molar-refractivity contribution in [2.75, 3.05) is 0 Å². The molecule has 1 aromatic rings. The van der Waals surface area contributed by atoms with Crippen LogP contribution in [0.3, 0.4) is 0 Å². The zero-order valence-electron chi connectivity index (χ0n) is 5.63. The molecule has 0 aliphatic rings. The summed E-state index contributed by atoms with van der Waals surface area (Å²) in [6.07, 6.45) is 0. The van der Waals surface area contributed by atoms with Gasteiger partial charge in [-0.05, 0) is 24.4 Å². The van der Waals surface area contributed by atoms with Crippen molar-refractivity contribution in [3.8, 4) is 0 Å². The SMILES string of the molecule is NC(=S)NCc1ccc(Cl)s1. The van der Waals surface area contributed by atoms with Gasteiger partial charge < -0.3 is 11.1 Å². The van der Waals surface area contributed by atoms with Crippen molar-refractivity contribution in [3.05, 3.63) is 21.3 Å². The molecule has 11 heavy (non-hydrogen) atoms. The van der Waals surface area contributed by atoms with Crippen LogP contribution in [0.25, 0.3) is 0 Å². The molecule has 1 aromatic heterocycles. The molecule has 0 fully saturated rings. The summed E-state index contributed by atoms with van der Waals surface area (Å²) in [7, 11) is 0. The predicted molar refractivity (Wildman–Crippen MR) is 53.0 cm³/mol. The largest absolute Gasteiger partial charge is 0.376 e. The maximum Gasteiger partial charge on any atom is 0.163 e. The Labute approximate surface area is 79.4 Å². The van der Waals surface area contributed by atoms with E-state index < -0.39 is 0 Å². The monoisotopic (exact) mass is 206 g/mol. The van der Waals surface area contributed by atoms with Gasteiger partial charge in [0.05, 0.1) is 10.9 Å². The third kappa shape index (κ3) is 3.05. The third-order valence-corrected chi connectivity index (χ3v) is 2.44. The summed E-state index contributed by atoms with van der Waals surface area (Å²) in [5.74, 6) is 0. The molecule has 0 aromatic carbocycles. The minimum absolute atomic E-state index is 0.314. The summed E-state index contributed by atoms with van der Waals surface area (Å²) in [6.45, 7) is 0.659. The summed E-state index contributed by atoms with van der Waals surface area (Å²) in [4.78, 5) is 1.13. The molecule has 5 heteroatoms. The van der Waals surface area contributed by atoms with E-state index in [0.29, 0.717) is 11.7 Å². The molecule has 0 saturated heterocycles. The van der Waals surface area contributed by atoms with Crippen LogP contribution in [0.1, 0.15) is 4.88 Å². The van der Waals surface area contributed by atoms with Crippen LogP contribution >= 0.6 is 35.2 Å². The van der Waals surface area contributed by atoms with E-state index >= 15 is 0 Å². The first-order valence-corrected chi connectivity index (χ1v) is 4.56. The summed E-state index contributed by atoms with van der Waals surface area (Å²) in [6, 6.07) is 3.79. The highest BCUT2D eigenvalue weighted by atomic mass is 35.5. The fourth-order valence-electron chi connectivity index (χ4n) is 0.621. The second-order valence-electron chi connectivity index (χ2n) is 1.92. The van der Waals surface area contributed by atoms with E-state index in [9.17, 15) is 0 Å². The van der Waals surface area contributed by atoms with Crippen LogP contribution in [0.5, 0.6) is 0 Å². The molecule has 3 N–H and O–H groups in total. The average Bonchev–Trinajstić information content (AvgIpc) is 2.31. The lowest BCUT2D eigenvalue weighted by Crippen LogP contribution is -2.27. The van der Waals surface area contributed by atoms with Crippen LogP contribution in [-0.4, -0.2) is 5.11 Å². The Morgan fingerprint density at radius 1 is 1.73 bits per heavy atom. The molecule has 0 unspecified atom stereocenters. The molecule has 1 heterocycles. The molecule has 1 rings (SSSR count). The Morgan fingerprint density at radius 2 is 2.45 bits per heavy atom. The number of nitrogens with two attached hydrogens (primary N) is 1. The molecule has 0 amide bonds. The molecule has 0 spiro atoms. The zero-order valence-corrected chi connectivity index (χ0v) is 8.02. The molecule has 2 nitrogen and oxygen atoms in total. The normalized spacial score (nSPS) is 9.55. The minimum Gasteiger partial charge on any atom is -0.376 e. The maximum absolute atomic E-state index is 5.70. The first kappa shape index (κ1) is 8.77. The lowest BCUT2D eigenvalue weighted by molar-refractivity contribution is 0.940. The zero-order chi connectivity index (χ0) is 8.27. The Morgan fingerprint density at radius 3 is 2.91 bits per heavy atom. The van der Waals surface area contributed by atoms with E-state index in [0.717, 1.165) is 9.21 Å². The average molecular weight is 207 g/mol. The van der Waals surface area contributed by atoms with E-state index in [1.165, 1.54) is 11.3 Å². The molecule has 0 radical (unpaired) electrons. The van der Waals surface area contributed by atoms with E-state index in [4.69, 9.17) is 17.3 Å². The van der Waals surface area contributed by atoms with Crippen LogP contribution in [0.4, 0.5) is 0 Å². The quantitative estimate of drug-likeness (QED) is 0.724. The standard InChI is InChI=1S/C6H7ClN2S2/c7-5-2-1-4(11-5)3-9-6(8)10/h1-2H,3H2,(H3,8,9,10). The summed E-state index contributed by atoms with van der Waals surface area (Å²) in [5.41, 5.74) is 5.24. The van der Waals surface area contributed by atoms with Gasteiger partial charge in [0, 0.05) is 4.88 Å². The third-order valence-electron chi connectivity index (χ3n) is 1.07. The van der Waals surface area contributed by atoms with Gasteiger partial charge in [0.25, 0.3) is 0 Å². The van der Waals surface area contributed by atoms with Gasteiger partial charge in [-0.1, -0.05) is 11.6 Å². The lowest BCUT2D eigenvalue weighted by atomic mass is 10.5. The topological polar surface area (TPSA) is 38.0 Å². The molecule has 0 atom stereocenters. The highest BCUT2D eigenvalue weighted by molar-refractivity contribution is 7.80. The van der Waals surface area contributed by atoms with Crippen LogP contribution in [0.15, 0.2) is 12.1 Å². The fourth-order valence-corrected chi connectivity index (χ4v) is 1.72. The number of nitrogens with one attached hydrogen (secondary N) is 1. The highest BCUT2D eigenvalue weighted by Crippen LogP contribution is 2.20. The van der Waals surface area contributed by atoms with Gasteiger partial charge >= 0.3 is 0 Å².